The van der Waals surface area contributed by atoms with Gasteiger partial charge in [-0.1, -0.05) is 51.1 Å². The van der Waals surface area contributed by atoms with E-state index in [-0.39, 0.29) is 36.1 Å². The molecule has 3 heterocycles. The molecule has 5 unspecified atom stereocenters. The number of fused-ring (bicyclic) bond motifs is 2. The highest BCUT2D eigenvalue weighted by Crippen LogP contribution is 2.31. The summed E-state index contributed by atoms with van der Waals surface area (Å²) in [4.78, 5) is 55.0. The molecule has 33 heavy (non-hydrogen) atoms. The Labute approximate surface area is 193 Å². The molecule has 0 saturated carbocycles. The summed E-state index contributed by atoms with van der Waals surface area (Å²) in [5, 5.41) is 16.1. The summed E-state index contributed by atoms with van der Waals surface area (Å²) in [6.45, 7) is 6.52. The lowest BCUT2D eigenvalue weighted by atomic mass is 9.91. The maximum absolute atomic E-state index is 13.5. The number of aliphatic hydroxyl groups excluding tert-OH is 1. The third kappa shape index (κ3) is 4.73. The molecule has 5 atom stereocenters. The number of likely N-dealkylation sites (tertiary alicyclic amines) is 1. The summed E-state index contributed by atoms with van der Waals surface area (Å²) in [6, 6.07) is 6.29. The van der Waals surface area contributed by atoms with Gasteiger partial charge >= 0.3 is 0 Å². The van der Waals surface area contributed by atoms with Gasteiger partial charge in [0.15, 0.2) is 6.10 Å². The number of carbonyl (C=O) groups excluding carboxylic acids is 4. The number of aliphatic hydroxyl groups is 1. The zero-order valence-corrected chi connectivity index (χ0v) is 19.3. The molecule has 0 spiro atoms. The van der Waals surface area contributed by atoms with Gasteiger partial charge in [0, 0.05) is 25.6 Å². The number of benzene rings is 1. The van der Waals surface area contributed by atoms with Gasteiger partial charge in [0.2, 0.25) is 17.7 Å². The minimum atomic E-state index is -1.33. The molecule has 4 rings (SSSR count). The van der Waals surface area contributed by atoms with Crippen LogP contribution in [0.1, 0.15) is 51.7 Å². The summed E-state index contributed by atoms with van der Waals surface area (Å²) in [5.74, 6) is -1.19. The number of rotatable bonds is 4. The maximum Gasteiger partial charge on any atom is 0.253 e. The molecule has 0 aliphatic carbocycles. The third-order valence-electron chi connectivity index (χ3n) is 6.58. The van der Waals surface area contributed by atoms with Gasteiger partial charge in [0.1, 0.15) is 12.1 Å². The van der Waals surface area contributed by atoms with Crippen LogP contribution in [0.2, 0.25) is 0 Å². The highest BCUT2D eigenvalue weighted by atomic mass is 16.3. The summed E-state index contributed by atoms with van der Waals surface area (Å²) < 4.78 is 0. The summed E-state index contributed by atoms with van der Waals surface area (Å²) in [6.07, 6.45) is -0.208. The van der Waals surface area contributed by atoms with Crippen molar-refractivity contribution in [2.24, 2.45) is 5.41 Å². The van der Waals surface area contributed by atoms with Gasteiger partial charge in [-0.2, -0.15) is 0 Å². The van der Waals surface area contributed by atoms with Crippen LogP contribution in [-0.4, -0.2) is 75.8 Å². The van der Waals surface area contributed by atoms with Gasteiger partial charge in [0.25, 0.3) is 5.91 Å². The first kappa shape index (κ1) is 23.2. The van der Waals surface area contributed by atoms with E-state index in [1.807, 2.05) is 20.8 Å². The number of hydrogen-bond acceptors (Lipinski definition) is 5. The Morgan fingerprint density at radius 3 is 2.58 bits per heavy atom. The second-order valence-electron chi connectivity index (χ2n) is 10.4. The van der Waals surface area contributed by atoms with Crippen LogP contribution >= 0.6 is 0 Å². The lowest BCUT2D eigenvalue weighted by Crippen LogP contribution is -2.53. The van der Waals surface area contributed by atoms with Gasteiger partial charge in [-0.15, -0.1) is 0 Å². The van der Waals surface area contributed by atoms with E-state index >= 15 is 0 Å². The Bertz CT molecular complexity index is 944. The average molecular weight is 457 g/mol. The fourth-order valence-electron chi connectivity index (χ4n) is 5.03. The number of hydrogen-bond donors (Lipinski definition) is 3. The van der Waals surface area contributed by atoms with Gasteiger partial charge in [0.05, 0.1) is 6.04 Å². The fraction of sp³-hybridized carbons (Fsp3) is 0.583. The molecule has 9 heteroatoms. The van der Waals surface area contributed by atoms with E-state index in [2.05, 4.69) is 10.6 Å². The van der Waals surface area contributed by atoms with Gasteiger partial charge in [-0.05, 0) is 23.8 Å². The lowest BCUT2D eigenvalue weighted by molar-refractivity contribution is -0.145. The van der Waals surface area contributed by atoms with E-state index in [9.17, 15) is 24.3 Å². The average Bonchev–Trinajstić information content (AvgIpc) is 3.34. The smallest absolute Gasteiger partial charge is 0.253 e. The number of nitrogens with zero attached hydrogens (tertiary/aromatic N) is 2. The zero-order valence-electron chi connectivity index (χ0n) is 19.3. The highest BCUT2D eigenvalue weighted by molar-refractivity contribution is 5.96. The largest absolute Gasteiger partial charge is 0.378 e. The standard InChI is InChI=1S/C24H32N4O5/c1-24(2,3)12-18(29)27-10-9-16-19(27)23(33)28-13-15(11-17(28)21(31)26-16)25-22(32)20(30)14-7-5-4-6-8-14/h4-8,15-17,19-20,30H,9-13H2,1-3H3,(H,25,32)(H,26,31). The molecule has 0 aromatic heterocycles. The Morgan fingerprint density at radius 2 is 1.91 bits per heavy atom. The van der Waals surface area contributed by atoms with Crippen LogP contribution in [0.5, 0.6) is 0 Å². The Kier molecular flexibility index (Phi) is 6.18. The molecule has 0 bridgehead atoms. The Morgan fingerprint density at radius 1 is 1.21 bits per heavy atom. The van der Waals surface area contributed by atoms with Crippen LogP contribution in [0.3, 0.4) is 0 Å². The molecule has 0 radical (unpaired) electrons. The first-order valence-electron chi connectivity index (χ1n) is 11.5. The van der Waals surface area contributed by atoms with Crippen molar-refractivity contribution >= 4 is 23.6 Å². The molecule has 3 aliphatic rings. The van der Waals surface area contributed by atoms with Crippen molar-refractivity contribution in [2.45, 2.75) is 70.3 Å². The molecular formula is C24H32N4O5. The predicted octanol–water partition coefficient (Wildman–Crippen LogP) is 0.341. The zero-order chi connectivity index (χ0) is 23.9. The van der Waals surface area contributed by atoms with Crippen LogP contribution in [0.15, 0.2) is 30.3 Å². The third-order valence-corrected chi connectivity index (χ3v) is 6.58. The first-order chi connectivity index (χ1) is 15.5. The summed E-state index contributed by atoms with van der Waals surface area (Å²) >= 11 is 0. The van der Waals surface area contributed by atoms with Crippen LogP contribution in [0, 0.1) is 5.41 Å². The van der Waals surface area contributed by atoms with E-state index in [4.69, 9.17) is 0 Å². The van der Waals surface area contributed by atoms with Gasteiger partial charge < -0.3 is 25.5 Å². The number of nitrogens with one attached hydrogen (secondary N) is 2. The quantitative estimate of drug-likeness (QED) is 0.604. The van der Waals surface area contributed by atoms with Crippen LogP contribution in [-0.2, 0) is 19.2 Å². The molecule has 1 aromatic rings. The molecule has 3 aliphatic heterocycles. The van der Waals surface area contributed by atoms with Crippen molar-refractivity contribution in [1.29, 1.82) is 0 Å². The monoisotopic (exact) mass is 456 g/mol. The minimum absolute atomic E-state index is 0.0916. The van der Waals surface area contributed by atoms with Gasteiger partial charge in [-0.3, -0.25) is 19.2 Å². The Hall–Kier alpha value is -2.94. The molecule has 3 N–H and O–H groups in total. The number of amides is 4. The molecule has 178 valence electrons. The van der Waals surface area contributed by atoms with E-state index in [0.29, 0.717) is 24.9 Å². The molecule has 3 fully saturated rings. The van der Waals surface area contributed by atoms with E-state index < -0.39 is 36.2 Å². The SMILES string of the molecule is CC(C)(C)CC(=O)N1CCC2NC(=O)C3CC(NC(=O)C(O)c4ccccc4)CN3C(=O)C21. The second kappa shape index (κ2) is 8.78. The maximum atomic E-state index is 13.5. The van der Waals surface area contributed by atoms with Crippen molar-refractivity contribution in [3.63, 3.8) is 0 Å². The van der Waals surface area contributed by atoms with E-state index in [1.54, 1.807) is 35.2 Å². The van der Waals surface area contributed by atoms with Crippen molar-refractivity contribution < 1.29 is 24.3 Å². The minimum Gasteiger partial charge on any atom is -0.378 e. The molecule has 9 nitrogen and oxygen atoms in total. The summed E-state index contributed by atoms with van der Waals surface area (Å²) in [5.41, 5.74) is 0.260. The van der Waals surface area contributed by atoms with Gasteiger partial charge in [-0.25, -0.2) is 0 Å². The van der Waals surface area contributed by atoms with Crippen LogP contribution in [0.25, 0.3) is 0 Å². The van der Waals surface area contributed by atoms with E-state index in [1.165, 1.54) is 4.90 Å². The second-order valence-corrected chi connectivity index (χ2v) is 10.4. The van der Waals surface area contributed by atoms with Crippen molar-refractivity contribution in [3.05, 3.63) is 35.9 Å². The first-order valence-corrected chi connectivity index (χ1v) is 11.5. The molecular weight excluding hydrogens is 424 g/mol. The summed E-state index contributed by atoms with van der Waals surface area (Å²) in [7, 11) is 0. The van der Waals surface area contributed by atoms with Crippen molar-refractivity contribution in [2.75, 3.05) is 13.1 Å². The topological polar surface area (TPSA) is 119 Å². The van der Waals surface area contributed by atoms with E-state index in [0.717, 1.165) is 0 Å². The predicted molar refractivity (Wildman–Crippen MR) is 120 cm³/mol. The Balaban J connectivity index is 1.46. The fourth-order valence-corrected chi connectivity index (χ4v) is 5.03. The van der Waals surface area contributed by atoms with Crippen molar-refractivity contribution in [3.8, 4) is 0 Å². The highest BCUT2D eigenvalue weighted by Gasteiger charge is 2.52. The normalized spacial score (nSPS) is 28.0. The van der Waals surface area contributed by atoms with Crippen molar-refractivity contribution in [1.82, 2.24) is 20.4 Å². The molecule has 3 saturated heterocycles. The van der Waals surface area contributed by atoms with Crippen LogP contribution < -0.4 is 10.6 Å². The number of carbonyl (C=O) groups is 4. The molecule has 4 amide bonds. The lowest BCUT2D eigenvalue weighted by Gasteiger charge is -2.31. The molecule has 1 aromatic carbocycles. The van der Waals surface area contributed by atoms with Crippen LogP contribution in [0.4, 0.5) is 0 Å².